The van der Waals surface area contributed by atoms with Crippen LogP contribution in [0.2, 0.25) is 0 Å². The van der Waals surface area contributed by atoms with Gasteiger partial charge in [0.1, 0.15) is 0 Å². The van der Waals surface area contributed by atoms with Crippen molar-refractivity contribution in [2.24, 2.45) is 0 Å². The number of halogens is 2. The molecule has 45 valence electrons. The van der Waals surface area contributed by atoms with Crippen LogP contribution in [0.1, 0.15) is 0 Å². The van der Waals surface area contributed by atoms with Gasteiger partial charge in [-0.3, -0.25) is 5.43 Å². The van der Waals surface area contributed by atoms with Gasteiger partial charge in [0.05, 0.1) is 0 Å². The summed E-state index contributed by atoms with van der Waals surface area (Å²) in [4.78, 5) is 0. The molecule has 0 aliphatic carbocycles. The van der Waals surface area contributed by atoms with E-state index in [-0.39, 0.29) is 0 Å². The number of rotatable bonds is 0. The molecule has 0 atom stereocenters. The van der Waals surface area contributed by atoms with Crippen LogP contribution in [0.3, 0.4) is 0 Å². The van der Waals surface area contributed by atoms with Gasteiger partial charge in [-0.05, 0) is 6.08 Å². The zero-order valence-electron chi connectivity index (χ0n) is 3.86. The van der Waals surface area contributed by atoms with E-state index in [1.54, 1.807) is 12.3 Å². The zero-order chi connectivity index (χ0) is 5.98. The quantitative estimate of drug-likeness (QED) is 0.396. The first-order chi connectivity index (χ1) is 3.79. The van der Waals surface area contributed by atoms with Gasteiger partial charge < -0.3 is 0 Å². The van der Waals surface area contributed by atoms with Crippen molar-refractivity contribution in [1.82, 2.24) is 15.5 Å². The van der Waals surface area contributed by atoms with Crippen molar-refractivity contribution >= 4 is 23.4 Å². The molecule has 0 spiro atoms. The van der Waals surface area contributed by atoms with Crippen molar-refractivity contribution < 1.29 is 0 Å². The lowest BCUT2D eigenvalue weighted by Gasteiger charge is -2.19. The van der Waals surface area contributed by atoms with Crippen molar-refractivity contribution in [2.75, 3.05) is 0 Å². The first-order valence-corrected chi connectivity index (χ1v) is 2.68. The highest BCUT2D eigenvalue weighted by atomic mass is 35.5. The minimum absolute atomic E-state index is 0.485. The third-order valence-electron chi connectivity index (χ3n) is 0.623. The summed E-state index contributed by atoms with van der Waals surface area (Å²) in [7, 11) is 0. The Morgan fingerprint density at radius 1 is 1.62 bits per heavy atom. The van der Waals surface area contributed by atoms with Gasteiger partial charge in [-0.15, -0.1) is 0 Å². The van der Waals surface area contributed by atoms with E-state index in [0.717, 1.165) is 4.64 Å². The summed E-state index contributed by atoms with van der Waals surface area (Å²) in [5.41, 5.74) is 5.66. The standard InChI is InChI=1S/C3H4Cl2N3/c4-3-1-2-6-8(5)7-3/h1-2,6-7H. The summed E-state index contributed by atoms with van der Waals surface area (Å²) in [6.07, 6.45) is 3.27. The largest absolute Gasteiger partial charge is 0.299 e. The van der Waals surface area contributed by atoms with Crippen LogP contribution < -0.4 is 10.9 Å². The summed E-state index contributed by atoms with van der Waals surface area (Å²) in [5, 5.41) is 0. The Balaban J connectivity index is 2.42. The topological polar surface area (TPSA) is 27.3 Å². The summed E-state index contributed by atoms with van der Waals surface area (Å²) in [6, 6.07) is 0. The zero-order valence-corrected chi connectivity index (χ0v) is 5.37. The molecule has 1 radical (unpaired) electrons. The highest BCUT2D eigenvalue weighted by molar-refractivity contribution is 6.28. The highest BCUT2D eigenvalue weighted by Crippen LogP contribution is 2.07. The average molecular weight is 153 g/mol. The molecular formula is C3H4Cl2N3. The molecule has 1 heterocycles. The van der Waals surface area contributed by atoms with Crippen molar-refractivity contribution in [3.63, 3.8) is 0 Å². The maximum absolute atomic E-state index is 5.46. The fourth-order valence-corrected chi connectivity index (χ4v) is 0.677. The van der Waals surface area contributed by atoms with E-state index >= 15 is 0 Å². The van der Waals surface area contributed by atoms with Gasteiger partial charge in [-0.1, -0.05) is 16.2 Å². The normalized spacial score (nSPS) is 23.2. The number of hydrazine groups is 2. The molecule has 2 N–H and O–H groups in total. The lowest BCUT2D eigenvalue weighted by Crippen LogP contribution is -2.41. The molecule has 0 aromatic heterocycles. The van der Waals surface area contributed by atoms with E-state index in [1.807, 2.05) is 0 Å². The Hall–Kier alpha value is 0.0400. The number of hydrogen-bond donors (Lipinski definition) is 2. The summed E-state index contributed by atoms with van der Waals surface area (Å²) >= 11 is 10.8. The maximum Gasteiger partial charge on any atom is 0.166 e. The van der Waals surface area contributed by atoms with Gasteiger partial charge in [0.25, 0.3) is 0 Å². The Labute approximate surface area is 57.3 Å². The molecule has 0 fully saturated rings. The van der Waals surface area contributed by atoms with Crippen LogP contribution in [0.4, 0.5) is 0 Å². The van der Waals surface area contributed by atoms with E-state index in [4.69, 9.17) is 23.4 Å². The van der Waals surface area contributed by atoms with Crippen LogP contribution in [0.5, 0.6) is 0 Å². The van der Waals surface area contributed by atoms with E-state index in [9.17, 15) is 0 Å². The van der Waals surface area contributed by atoms with Crippen molar-refractivity contribution in [1.29, 1.82) is 0 Å². The Bertz CT molecular complexity index is 105. The van der Waals surface area contributed by atoms with Crippen LogP contribution in [0.15, 0.2) is 12.3 Å². The van der Waals surface area contributed by atoms with Crippen molar-refractivity contribution in [3.8, 4) is 0 Å². The molecule has 0 amide bonds. The second-order valence-electron chi connectivity index (χ2n) is 1.20. The van der Waals surface area contributed by atoms with E-state index in [1.165, 1.54) is 0 Å². The molecular weight excluding hydrogens is 149 g/mol. The molecule has 0 saturated heterocycles. The summed E-state index contributed by atoms with van der Waals surface area (Å²) in [6.45, 7) is 0. The maximum atomic E-state index is 5.46. The van der Waals surface area contributed by atoms with Gasteiger partial charge >= 0.3 is 0 Å². The van der Waals surface area contributed by atoms with Gasteiger partial charge in [-0.25, -0.2) is 0 Å². The van der Waals surface area contributed by atoms with E-state index < -0.39 is 0 Å². The van der Waals surface area contributed by atoms with Gasteiger partial charge in [0, 0.05) is 18.0 Å². The fourth-order valence-electron chi connectivity index (χ4n) is 0.339. The molecule has 3 nitrogen and oxygen atoms in total. The third kappa shape index (κ3) is 1.52. The predicted molar refractivity (Wildman–Crippen MR) is 32.2 cm³/mol. The Morgan fingerprint density at radius 3 is 2.75 bits per heavy atom. The van der Waals surface area contributed by atoms with Gasteiger partial charge in [-0.2, -0.15) is 5.43 Å². The fraction of sp³-hybridized carbons (Fsp3) is 0. The van der Waals surface area contributed by atoms with Gasteiger partial charge in [0.15, 0.2) is 5.50 Å². The van der Waals surface area contributed by atoms with Crippen LogP contribution in [0.25, 0.3) is 0 Å². The van der Waals surface area contributed by atoms with Crippen molar-refractivity contribution in [3.05, 3.63) is 17.8 Å². The monoisotopic (exact) mass is 152 g/mol. The minimum atomic E-state index is 0.485. The van der Waals surface area contributed by atoms with Crippen LogP contribution in [0, 0.1) is 5.50 Å². The molecule has 0 aromatic carbocycles. The highest BCUT2D eigenvalue weighted by Gasteiger charge is 2.08. The molecule has 5 heteroatoms. The summed E-state index contributed by atoms with van der Waals surface area (Å²) in [5.74, 6) is 0. The average Bonchev–Trinajstić information content (AvgIpc) is 1.64. The Morgan fingerprint density at radius 2 is 2.38 bits per heavy atom. The second kappa shape index (κ2) is 2.55. The van der Waals surface area contributed by atoms with Crippen molar-refractivity contribution in [2.45, 2.75) is 0 Å². The number of nitrogens with zero attached hydrogens (tertiary/aromatic N) is 1. The minimum Gasteiger partial charge on any atom is -0.299 e. The SMILES string of the molecule is Cl[C]1C=CNN(Cl)N1. The first-order valence-electron chi connectivity index (χ1n) is 1.97. The molecule has 0 bridgehead atoms. The predicted octanol–water partition coefficient (Wildman–Crippen LogP) is 0.707. The van der Waals surface area contributed by atoms with Crippen LogP contribution in [-0.4, -0.2) is 4.64 Å². The lowest BCUT2D eigenvalue weighted by atomic mass is 10.6. The summed E-state index contributed by atoms with van der Waals surface area (Å²) < 4.78 is 1.13. The third-order valence-corrected chi connectivity index (χ3v) is 1.02. The van der Waals surface area contributed by atoms with Gasteiger partial charge in [0.2, 0.25) is 0 Å². The Kier molecular flexibility index (Phi) is 1.96. The molecule has 0 aromatic rings. The smallest absolute Gasteiger partial charge is 0.166 e. The molecule has 1 rings (SSSR count). The second-order valence-corrected chi connectivity index (χ2v) is 1.95. The first kappa shape index (κ1) is 6.16. The van der Waals surface area contributed by atoms with Crippen LogP contribution >= 0.6 is 23.4 Å². The number of nitrogens with one attached hydrogen (secondary N) is 2. The van der Waals surface area contributed by atoms with E-state index in [0.29, 0.717) is 5.50 Å². The van der Waals surface area contributed by atoms with E-state index in [2.05, 4.69) is 10.9 Å². The van der Waals surface area contributed by atoms with Crippen LogP contribution in [-0.2, 0) is 0 Å². The number of hydrogen-bond acceptors (Lipinski definition) is 3. The molecule has 0 unspecified atom stereocenters. The molecule has 0 saturated carbocycles. The molecule has 8 heavy (non-hydrogen) atoms. The molecule has 1 aliphatic rings. The molecule has 1 aliphatic heterocycles. The lowest BCUT2D eigenvalue weighted by molar-refractivity contribution is 0.301.